The number of sulfonamides is 1. The van der Waals surface area contributed by atoms with Gasteiger partial charge in [0.05, 0.1) is 4.90 Å². The normalized spacial score (nSPS) is 11.4. The molecule has 6 heteroatoms. The molecule has 0 spiro atoms. The van der Waals surface area contributed by atoms with E-state index in [2.05, 4.69) is 10.0 Å². The summed E-state index contributed by atoms with van der Waals surface area (Å²) in [4.78, 5) is 12.8. The molecule has 0 fully saturated rings. The quantitative estimate of drug-likeness (QED) is 0.641. The first kappa shape index (κ1) is 19.8. The van der Waals surface area contributed by atoms with Crippen LogP contribution >= 0.6 is 0 Å². The van der Waals surface area contributed by atoms with Gasteiger partial charge in [0.1, 0.15) is 0 Å². The molecule has 0 radical (unpaired) electrons. The summed E-state index contributed by atoms with van der Waals surface area (Å²) >= 11 is 0. The van der Waals surface area contributed by atoms with Crippen molar-refractivity contribution in [3.63, 3.8) is 0 Å². The van der Waals surface area contributed by atoms with E-state index in [4.69, 9.17) is 0 Å². The van der Waals surface area contributed by atoms with Crippen molar-refractivity contribution in [1.82, 2.24) is 4.72 Å². The number of hydrogen-bond acceptors (Lipinski definition) is 3. The fraction of sp³-hybridized carbons (Fsp3) is 0.136. The average molecular weight is 394 g/mol. The van der Waals surface area contributed by atoms with Gasteiger partial charge in [-0.25, -0.2) is 13.1 Å². The minimum atomic E-state index is -3.50. The van der Waals surface area contributed by atoms with Crippen LogP contribution in [0.1, 0.15) is 23.5 Å². The molecule has 0 bridgehead atoms. The van der Waals surface area contributed by atoms with E-state index in [0.717, 1.165) is 11.1 Å². The third-order valence-corrected chi connectivity index (χ3v) is 5.94. The molecule has 0 aliphatic rings. The average Bonchev–Trinajstić information content (AvgIpc) is 2.73. The third kappa shape index (κ3) is 4.85. The summed E-state index contributed by atoms with van der Waals surface area (Å²) in [5, 5.41) is 2.85. The van der Waals surface area contributed by atoms with Crippen LogP contribution in [0.4, 0.5) is 5.69 Å². The summed E-state index contributed by atoms with van der Waals surface area (Å²) in [6, 6.07) is 25.9. The van der Waals surface area contributed by atoms with Gasteiger partial charge in [0, 0.05) is 18.0 Å². The Balaban J connectivity index is 1.76. The second-order valence-electron chi connectivity index (χ2n) is 6.36. The van der Waals surface area contributed by atoms with Crippen LogP contribution in [0, 0.1) is 0 Å². The van der Waals surface area contributed by atoms with Gasteiger partial charge in [0.25, 0.3) is 0 Å². The molecule has 144 valence electrons. The highest BCUT2D eigenvalue weighted by Gasteiger charge is 2.18. The van der Waals surface area contributed by atoms with Gasteiger partial charge in [-0.1, -0.05) is 60.7 Å². The Bertz CT molecular complexity index is 979. The van der Waals surface area contributed by atoms with Gasteiger partial charge in [-0.05, 0) is 42.4 Å². The summed E-state index contributed by atoms with van der Waals surface area (Å²) in [6.45, 7) is 0. The number of carbonyl (C=O) groups is 1. The predicted molar refractivity (Wildman–Crippen MR) is 111 cm³/mol. The lowest BCUT2D eigenvalue weighted by molar-refractivity contribution is -0.116. The van der Waals surface area contributed by atoms with Gasteiger partial charge < -0.3 is 5.32 Å². The maximum atomic E-state index is 12.7. The van der Waals surface area contributed by atoms with Gasteiger partial charge in [0.2, 0.25) is 15.9 Å². The number of benzene rings is 3. The van der Waals surface area contributed by atoms with Crippen LogP contribution in [0.15, 0.2) is 89.8 Å². The topological polar surface area (TPSA) is 75.3 Å². The van der Waals surface area contributed by atoms with E-state index < -0.39 is 10.0 Å². The van der Waals surface area contributed by atoms with Crippen molar-refractivity contribution in [1.29, 1.82) is 0 Å². The molecule has 0 aliphatic heterocycles. The Labute approximate surface area is 165 Å². The van der Waals surface area contributed by atoms with E-state index in [0.29, 0.717) is 5.69 Å². The molecule has 0 aliphatic carbocycles. The number of hydrogen-bond donors (Lipinski definition) is 2. The Morgan fingerprint density at radius 2 is 1.32 bits per heavy atom. The fourth-order valence-electron chi connectivity index (χ4n) is 3.03. The van der Waals surface area contributed by atoms with Crippen LogP contribution in [0.2, 0.25) is 0 Å². The summed E-state index contributed by atoms with van der Waals surface area (Å²) in [5.41, 5.74) is 2.69. The smallest absolute Gasteiger partial charge is 0.240 e. The second kappa shape index (κ2) is 8.82. The lowest BCUT2D eigenvalue weighted by atomic mass is 9.88. The number of amides is 1. The zero-order chi connectivity index (χ0) is 20.0. The molecule has 0 atom stereocenters. The van der Waals surface area contributed by atoms with Crippen molar-refractivity contribution >= 4 is 21.6 Å². The van der Waals surface area contributed by atoms with E-state index in [1.54, 1.807) is 12.1 Å². The molecule has 0 aromatic heterocycles. The minimum absolute atomic E-state index is 0.0636. The highest BCUT2D eigenvalue weighted by atomic mass is 32.2. The Morgan fingerprint density at radius 1 is 0.821 bits per heavy atom. The summed E-state index contributed by atoms with van der Waals surface area (Å²) < 4.78 is 25.9. The van der Waals surface area contributed by atoms with Crippen molar-refractivity contribution in [3.05, 3.63) is 96.1 Å². The number of carbonyl (C=O) groups excluding carboxylic acids is 1. The van der Waals surface area contributed by atoms with E-state index >= 15 is 0 Å². The first-order valence-corrected chi connectivity index (χ1v) is 10.4. The van der Waals surface area contributed by atoms with Gasteiger partial charge in [-0.2, -0.15) is 0 Å². The second-order valence-corrected chi connectivity index (χ2v) is 8.24. The first-order valence-electron chi connectivity index (χ1n) is 8.93. The lowest BCUT2D eigenvalue weighted by Gasteiger charge is -2.18. The zero-order valence-corrected chi connectivity index (χ0v) is 16.3. The van der Waals surface area contributed by atoms with Crippen LogP contribution in [-0.2, 0) is 14.8 Å². The first-order chi connectivity index (χ1) is 13.5. The SMILES string of the molecule is CNS(=O)(=O)c1ccc(NC(=O)CC(c2ccccc2)c2ccccc2)cc1. The van der Waals surface area contributed by atoms with E-state index in [9.17, 15) is 13.2 Å². The number of anilines is 1. The predicted octanol–water partition coefficient (Wildman–Crippen LogP) is 3.76. The monoisotopic (exact) mass is 394 g/mol. The third-order valence-electron chi connectivity index (χ3n) is 4.51. The van der Waals surface area contributed by atoms with Gasteiger partial charge in [0.15, 0.2) is 0 Å². The number of rotatable bonds is 7. The molecule has 5 nitrogen and oxygen atoms in total. The Morgan fingerprint density at radius 3 is 1.79 bits per heavy atom. The van der Waals surface area contributed by atoms with Crippen LogP contribution < -0.4 is 10.0 Å². The highest BCUT2D eigenvalue weighted by Crippen LogP contribution is 2.28. The van der Waals surface area contributed by atoms with E-state index in [1.807, 2.05) is 60.7 Å². The number of nitrogens with one attached hydrogen (secondary N) is 2. The van der Waals surface area contributed by atoms with Gasteiger partial charge in [-0.15, -0.1) is 0 Å². The molecule has 0 unspecified atom stereocenters. The van der Waals surface area contributed by atoms with Crippen LogP contribution in [0.25, 0.3) is 0 Å². The molecule has 3 aromatic carbocycles. The Kier molecular flexibility index (Phi) is 6.23. The molecule has 0 heterocycles. The molecule has 0 saturated carbocycles. The molecule has 3 rings (SSSR count). The van der Waals surface area contributed by atoms with Crippen LogP contribution in [0.5, 0.6) is 0 Å². The Hall–Kier alpha value is -2.96. The fourth-order valence-corrected chi connectivity index (χ4v) is 3.76. The van der Waals surface area contributed by atoms with Crippen molar-refractivity contribution in [2.45, 2.75) is 17.2 Å². The molecular formula is C22H22N2O3S. The van der Waals surface area contributed by atoms with Crippen molar-refractivity contribution in [3.8, 4) is 0 Å². The molecular weight excluding hydrogens is 372 g/mol. The minimum Gasteiger partial charge on any atom is -0.326 e. The van der Waals surface area contributed by atoms with Crippen LogP contribution in [0.3, 0.4) is 0 Å². The van der Waals surface area contributed by atoms with E-state index in [-0.39, 0.29) is 23.1 Å². The standard InChI is InChI=1S/C22H22N2O3S/c1-23-28(26,27)20-14-12-19(13-15-20)24-22(25)16-21(17-8-4-2-5-9-17)18-10-6-3-7-11-18/h2-15,21,23H,16H2,1H3,(H,24,25). The maximum Gasteiger partial charge on any atom is 0.240 e. The highest BCUT2D eigenvalue weighted by molar-refractivity contribution is 7.89. The molecule has 3 aromatic rings. The summed E-state index contributed by atoms with van der Waals surface area (Å²) in [5.74, 6) is -0.201. The lowest BCUT2D eigenvalue weighted by Crippen LogP contribution is -2.19. The summed E-state index contributed by atoms with van der Waals surface area (Å²) in [7, 11) is -2.14. The molecule has 0 saturated heterocycles. The van der Waals surface area contributed by atoms with Crippen LogP contribution in [-0.4, -0.2) is 21.4 Å². The zero-order valence-electron chi connectivity index (χ0n) is 15.5. The van der Waals surface area contributed by atoms with Gasteiger partial charge >= 0.3 is 0 Å². The maximum absolute atomic E-state index is 12.7. The van der Waals surface area contributed by atoms with Crippen molar-refractivity contribution in [2.75, 3.05) is 12.4 Å². The largest absolute Gasteiger partial charge is 0.326 e. The van der Waals surface area contributed by atoms with E-state index in [1.165, 1.54) is 19.2 Å². The molecule has 1 amide bonds. The molecule has 2 N–H and O–H groups in total. The van der Waals surface area contributed by atoms with Crippen molar-refractivity contribution in [2.24, 2.45) is 0 Å². The van der Waals surface area contributed by atoms with Crippen molar-refractivity contribution < 1.29 is 13.2 Å². The van der Waals surface area contributed by atoms with Gasteiger partial charge in [-0.3, -0.25) is 4.79 Å². The summed E-state index contributed by atoms with van der Waals surface area (Å²) in [6.07, 6.45) is 0.282. The molecule has 28 heavy (non-hydrogen) atoms.